The molecule has 0 aliphatic rings. The summed E-state index contributed by atoms with van der Waals surface area (Å²) in [5.41, 5.74) is 3.73. The Bertz CT molecular complexity index is 786. The van der Waals surface area contributed by atoms with E-state index in [0.717, 1.165) is 23.1 Å². The number of amides is 1. The first-order valence-electron chi connectivity index (χ1n) is 7.90. The van der Waals surface area contributed by atoms with Crippen LogP contribution in [0.4, 0.5) is 0 Å². The van der Waals surface area contributed by atoms with Crippen molar-refractivity contribution in [2.45, 2.75) is 6.42 Å². The van der Waals surface area contributed by atoms with E-state index in [9.17, 15) is 4.79 Å². The highest BCUT2D eigenvalue weighted by Crippen LogP contribution is 2.18. The summed E-state index contributed by atoms with van der Waals surface area (Å²) in [4.78, 5) is 22.5. The fourth-order valence-corrected chi connectivity index (χ4v) is 2.47. The molecule has 0 unspecified atom stereocenters. The van der Waals surface area contributed by atoms with Gasteiger partial charge in [-0.2, -0.15) is 0 Å². The number of carbonyl (C=O) groups excluding carboxylic acids is 1. The predicted molar refractivity (Wildman–Crippen MR) is 94.6 cm³/mol. The highest BCUT2D eigenvalue weighted by molar-refractivity contribution is 5.92. The molecule has 0 radical (unpaired) electrons. The van der Waals surface area contributed by atoms with Crippen molar-refractivity contribution in [3.63, 3.8) is 0 Å². The van der Waals surface area contributed by atoms with Crippen molar-refractivity contribution < 1.29 is 4.79 Å². The Morgan fingerprint density at radius 3 is 2.38 bits per heavy atom. The van der Waals surface area contributed by atoms with Crippen LogP contribution >= 0.6 is 0 Å². The normalized spacial score (nSPS) is 10.4. The van der Waals surface area contributed by atoms with Gasteiger partial charge in [-0.15, -0.1) is 0 Å². The second kappa shape index (κ2) is 7.51. The SMILES string of the molecule is CN(CCc1ccncc1)C(=O)c1ccc(-c2ccccc2)cn1. The van der Waals surface area contributed by atoms with Gasteiger partial charge in [0, 0.05) is 37.7 Å². The fourth-order valence-electron chi connectivity index (χ4n) is 2.47. The molecule has 0 saturated carbocycles. The van der Waals surface area contributed by atoms with E-state index >= 15 is 0 Å². The van der Waals surface area contributed by atoms with Crippen LogP contribution in [0.15, 0.2) is 73.2 Å². The summed E-state index contributed by atoms with van der Waals surface area (Å²) < 4.78 is 0. The molecule has 4 nitrogen and oxygen atoms in total. The van der Waals surface area contributed by atoms with Crippen LogP contribution in [0.25, 0.3) is 11.1 Å². The van der Waals surface area contributed by atoms with Crippen molar-refractivity contribution >= 4 is 5.91 Å². The monoisotopic (exact) mass is 317 g/mol. The van der Waals surface area contributed by atoms with Crippen LogP contribution in [0, 0.1) is 0 Å². The van der Waals surface area contributed by atoms with E-state index in [1.807, 2.05) is 48.5 Å². The van der Waals surface area contributed by atoms with Crippen LogP contribution in [0.3, 0.4) is 0 Å². The van der Waals surface area contributed by atoms with Crippen molar-refractivity contribution in [1.82, 2.24) is 14.9 Å². The average Bonchev–Trinajstić information content (AvgIpc) is 2.67. The molecule has 0 spiro atoms. The molecule has 0 fully saturated rings. The third kappa shape index (κ3) is 3.84. The Morgan fingerprint density at radius 2 is 1.71 bits per heavy atom. The molecule has 1 amide bonds. The van der Waals surface area contributed by atoms with Crippen LogP contribution < -0.4 is 0 Å². The number of likely N-dealkylation sites (N-methyl/N-ethyl adjacent to an activating group) is 1. The Morgan fingerprint density at radius 1 is 0.958 bits per heavy atom. The van der Waals surface area contributed by atoms with Gasteiger partial charge in [0.2, 0.25) is 0 Å². The van der Waals surface area contributed by atoms with Crippen LogP contribution in [-0.2, 0) is 6.42 Å². The third-order valence-electron chi connectivity index (χ3n) is 3.92. The van der Waals surface area contributed by atoms with E-state index in [0.29, 0.717) is 12.2 Å². The van der Waals surface area contributed by atoms with Crippen LogP contribution in [0.5, 0.6) is 0 Å². The molecule has 0 N–H and O–H groups in total. The van der Waals surface area contributed by atoms with Crippen molar-refractivity contribution in [3.8, 4) is 11.1 Å². The van der Waals surface area contributed by atoms with Gasteiger partial charge in [-0.1, -0.05) is 36.4 Å². The van der Waals surface area contributed by atoms with Crippen LogP contribution in [0.1, 0.15) is 16.1 Å². The fraction of sp³-hybridized carbons (Fsp3) is 0.150. The number of nitrogens with zero attached hydrogens (tertiary/aromatic N) is 3. The molecule has 120 valence electrons. The molecule has 1 aromatic carbocycles. The van der Waals surface area contributed by atoms with E-state index in [2.05, 4.69) is 9.97 Å². The molecule has 0 bridgehead atoms. The zero-order chi connectivity index (χ0) is 16.8. The molecule has 0 aliphatic heterocycles. The quantitative estimate of drug-likeness (QED) is 0.724. The minimum absolute atomic E-state index is 0.0660. The second-order valence-electron chi connectivity index (χ2n) is 5.63. The van der Waals surface area contributed by atoms with Crippen molar-refractivity contribution in [1.29, 1.82) is 0 Å². The molecule has 3 aromatic rings. The average molecular weight is 317 g/mol. The number of pyridine rings is 2. The molecular weight excluding hydrogens is 298 g/mol. The molecule has 0 aliphatic carbocycles. The first kappa shape index (κ1) is 15.9. The summed E-state index contributed by atoms with van der Waals surface area (Å²) in [6, 6.07) is 17.7. The smallest absolute Gasteiger partial charge is 0.272 e. The number of aromatic nitrogens is 2. The summed E-state index contributed by atoms with van der Waals surface area (Å²) in [6.45, 7) is 0.644. The lowest BCUT2D eigenvalue weighted by Gasteiger charge is -2.16. The van der Waals surface area contributed by atoms with E-state index in [1.165, 1.54) is 0 Å². The van der Waals surface area contributed by atoms with Crippen molar-refractivity contribution in [2.24, 2.45) is 0 Å². The number of rotatable bonds is 5. The third-order valence-corrected chi connectivity index (χ3v) is 3.92. The Hall–Kier alpha value is -3.01. The maximum Gasteiger partial charge on any atom is 0.272 e. The number of benzene rings is 1. The first-order chi connectivity index (χ1) is 11.7. The zero-order valence-electron chi connectivity index (χ0n) is 13.6. The van der Waals surface area contributed by atoms with Crippen LogP contribution in [-0.4, -0.2) is 34.4 Å². The minimum atomic E-state index is -0.0660. The molecule has 2 heterocycles. The van der Waals surface area contributed by atoms with Gasteiger partial charge in [0.1, 0.15) is 5.69 Å². The van der Waals surface area contributed by atoms with Gasteiger partial charge in [0.05, 0.1) is 0 Å². The van der Waals surface area contributed by atoms with Gasteiger partial charge in [0.25, 0.3) is 5.91 Å². The van der Waals surface area contributed by atoms with Crippen LogP contribution in [0.2, 0.25) is 0 Å². The molecule has 0 saturated heterocycles. The lowest BCUT2D eigenvalue weighted by molar-refractivity contribution is 0.0791. The van der Waals surface area contributed by atoms with Gasteiger partial charge in [-0.25, -0.2) is 0 Å². The van der Waals surface area contributed by atoms with Gasteiger partial charge in [-0.3, -0.25) is 14.8 Å². The maximum absolute atomic E-state index is 12.5. The second-order valence-corrected chi connectivity index (χ2v) is 5.63. The topological polar surface area (TPSA) is 46.1 Å². The standard InChI is InChI=1S/C20H19N3O/c1-23(14-11-16-9-12-21-13-10-16)20(24)19-8-7-18(15-22-19)17-5-3-2-4-6-17/h2-10,12-13,15H,11,14H2,1H3. The first-order valence-corrected chi connectivity index (χ1v) is 7.90. The predicted octanol–water partition coefficient (Wildman–Crippen LogP) is 3.46. The molecule has 24 heavy (non-hydrogen) atoms. The molecule has 3 rings (SSSR count). The highest BCUT2D eigenvalue weighted by Gasteiger charge is 2.13. The van der Waals surface area contributed by atoms with E-state index < -0.39 is 0 Å². The molecule has 2 aromatic heterocycles. The summed E-state index contributed by atoms with van der Waals surface area (Å²) in [5, 5.41) is 0. The summed E-state index contributed by atoms with van der Waals surface area (Å²) in [6.07, 6.45) is 6.08. The van der Waals surface area contributed by atoms with Crippen molar-refractivity contribution in [3.05, 3.63) is 84.4 Å². The minimum Gasteiger partial charge on any atom is -0.340 e. The Kier molecular flexibility index (Phi) is 4.96. The van der Waals surface area contributed by atoms with Gasteiger partial charge >= 0.3 is 0 Å². The van der Waals surface area contributed by atoms with Gasteiger partial charge in [0.15, 0.2) is 0 Å². The van der Waals surface area contributed by atoms with E-state index in [1.54, 1.807) is 36.6 Å². The summed E-state index contributed by atoms with van der Waals surface area (Å²) in [5.74, 6) is -0.0660. The Labute approximate surface area is 141 Å². The van der Waals surface area contributed by atoms with E-state index in [-0.39, 0.29) is 5.91 Å². The maximum atomic E-state index is 12.5. The van der Waals surface area contributed by atoms with E-state index in [4.69, 9.17) is 0 Å². The Balaban J connectivity index is 1.64. The van der Waals surface area contributed by atoms with Gasteiger partial charge < -0.3 is 4.90 Å². The zero-order valence-corrected chi connectivity index (χ0v) is 13.6. The summed E-state index contributed by atoms with van der Waals surface area (Å²) in [7, 11) is 1.80. The molecule has 4 heteroatoms. The number of carbonyl (C=O) groups is 1. The lowest BCUT2D eigenvalue weighted by Crippen LogP contribution is -2.29. The highest BCUT2D eigenvalue weighted by atomic mass is 16.2. The number of hydrogen-bond acceptors (Lipinski definition) is 3. The molecule has 0 atom stereocenters. The lowest BCUT2D eigenvalue weighted by atomic mass is 10.1. The summed E-state index contributed by atoms with van der Waals surface area (Å²) >= 11 is 0. The van der Waals surface area contributed by atoms with Crippen molar-refractivity contribution in [2.75, 3.05) is 13.6 Å². The van der Waals surface area contributed by atoms with Gasteiger partial charge in [-0.05, 0) is 35.7 Å². The number of hydrogen-bond donors (Lipinski definition) is 0. The largest absolute Gasteiger partial charge is 0.340 e. The molecular formula is C20H19N3O.